The predicted molar refractivity (Wildman–Crippen MR) is 93.2 cm³/mol. The van der Waals surface area contributed by atoms with Crippen LogP contribution in [0.3, 0.4) is 0 Å². The maximum Gasteiger partial charge on any atom is 0.352 e. The lowest BCUT2D eigenvalue weighted by Crippen LogP contribution is -2.35. The summed E-state index contributed by atoms with van der Waals surface area (Å²) >= 11 is 0. The fourth-order valence-corrected chi connectivity index (χ4v) is 3.79. The molecule has 24 heavy (non-hydrogen) atoms. The molecule has 0 radical (unpaired) electrons. The average Bonchev–Trinajstić information content (AvgIpc) is 2.70. The molecule has 1 aliphatic carbocycles. The van der Waals surface area contributed by atoms with E-state index >= 15 is 0 Å². The number of carbonyl (C=O) groups is 2. The smallest absolute Gasteiger partial charge is 0.352 e. The molecule has 1 amide bonds. The summed E-state index contributed by atoms with van der Waals surface area (Å²) in [6.45, 7) is 0. The van der Waals surface area contributed by atoms with Crippen LogP contribution in [0.2, 0.25) is 0 Å². The van der Waals surface area contributed by atoms with Crippen LogP contribution < -0.4 is 5.32 Å². The second-order valence-corrected chi connectivity index (χ2v) is 6.64. The molecule has 2 aromatic rings. The highest BCUT2D eigenvalue weighted by Gasteiger charge is 2.23. The van der Waals surface area contributed by atoms with Gasteiger partial charge in [-0.05, 0) is 18.9 Å². The van der Waals surface area contributed by atoms with Gasteiger partial charge in [-0.2, -0.15) is 0 Å². The molecular formula is C19H24N2O3. The van der Waals surface area contributed by atoms with Crippen LogP contribution in [-0.2, 0) is 18.3 Å². The molecule has 0 spiro atoms. The number of carboxylic acid groups (broad SMARTS) is 1. The molecule has 5 heteroatoms. The van der Waals surface area contributed by atoms with Crippen molar-refractivity contribution in [2.24, 2.45) is 7.05 Å². The molecular weight excluding hydrogens is 304 g/mol. The fraction of sp³-hybridized carbons (Fsp3) is 0.474. The number of aromatic nitrogens is 1. The lowest BCUT2D eigenvalue weighted by Gasteiger charge is -2.16. The van der Waals surface area contributed by atoms with Gasteiger partial charge in [-0.25, -0.2) is 4.79 Å². The average molecular weight is 328 g/mol. The number of aromatic carboxylic acids is 1. The van der Waals surface area contributed by atoms with Crippen LogP contribution in [0.5, 0.6) is 0 Å². The summed E-state index contributed by atoms with van der Waals surface area (Å²) in [5, 5.41) is 13.5. The second-order valence-electron chi connectivity index (χ2n) is 6.64. The van der Waals surface area contributed by atoms with E-state index in [4.69, 9.17) is 0 Å². The quantitative estimate of drug-likeness (QED) is 0.846. The van der Waals surface area contributed by atoms with Gasteiger partial charge in [-0.15, -0.1) is 0 Å². The van der Waals surface area contributed by atoms with E-state index in [-0.39, 0.29) is 24.1 Å². The largest absolute Gasteiger partial charge is 0.477 e. The SMILES string of the molecule is Cn1c(C(=O)O)c(CC(=O)NC2CCCCCC2)c2ccccc21. The summed E-state index contributed by atoms with van der Waals surface area (Å²) in [5.74, 6) is -1.08. The first-order valence-corrected chi connectivity index (χ1v) is 8.67. The van der Waals surface area contributed by atoms with Crippen LogP contribution in [0.25, 0.3) is 10.9 Å². The molecule has 0 aliphatic heterocycles. The minimum absolute atomic E-state index is 0.0826. The summed E-state index contributed by atoms with van der Waals surface area (Å²) in [4.78, 5) is 24.2. The lowest BCUT2D eigenvalue weighted by molar-refractivity contribution is -0.121. The molecule has 0 unspecified atom stereocenters. The minimum Gasteiger partial charge on any atom is -0.477 e. The van der Waals surface area contributed by atoms with Crippen molar-refractivity contribution in [3.8, 4) is 0 Å². The van der Waals surface area contributed by atoms with E-state index in [0.29, 0.717) is 5.56 Å². The van der Waals surface area contributed by atoms with E-state index in [1.54, 1.807) is 11.6 Å². The standard InChI is InChI=1S/C19H24N2O3/c1-21-16-11-7-6-10-14(16)15(18(21)19(23)24)12-17(22)20-13-8-4-2-3-5-9-13/h6-7,10-11,13H,2-5,8-9,12H2,1H3,(H,20,22)(H,23,24). The van der Waals surface area contributed by atoms with Crippen molar-refractivity contribution in [3.05, 3.63) is 35.5 Å². The monoisotopic (exact) mass is 328 g/mol. The normalized spacial score (nSPS) is 16.0. The van der Waals surface area contributed by atoms with Gasteiger partial charge in [0.1, 0.15) is 5.69 Å². The number of carbonyl (C=O) groups excluding carboxylic acids is 1. The third-order valence-corrected chi connectivity index (χ3v) is 4.97. The van der Waals surface area contributed by atoms with Crippen LogP contribution in [0.15, 0.2) is 24.3 Å². The van der Waals surface area contributed by atoms with Crippen molar-refractivity contribution in [3.63, 3.8) is 0 Å². The minimum atomic E-state index is -0.994. The maximum atomic E-state index is 12.5. The molecule has 0 bridgehead atoms. The van der Waals surface area contributed by atoms with Gasteiger partial charge < -0.3 is 15.0 Å². The van der Waals surface area contributed by atoms with Gasteiger partial charge in [-0.3, -0.25) is 4.79 Å². The van der Waals surface area contributed by atoms with Crippen LogP contribution >= 0.6 is 0 Å². The Kier molecular flexibility index (Phi) is 4.88. The predicted octanol–water partition coefficient (Wildman–Crippen LogP) is 3.26. The number of nitrogens with one attached hydrogen (secondary N) is 1. The van der Waals surface area contributed by atoms with Gasteiger partial charge in [0, 0.05) is 29.6 Å². The number of carboxylic acids is 1. The van der Waals surface area contributed by atoms with Gasteiger partial charge >= 0.3 is 5.97 Å². The van der Waals surface area contributed by atoms with Crippen LogP contribution in [0.1, 0.15) is 54.6 Å². The zero-order chi connectivity index (χ0) is 17.1. The van der Waals surface area contributed by atoms with E-state index in [1.165, 1.54) is 12.8 Å². The highest BCUT2D eigenvalue weighted by molar-refractivity contribution is 6.00. The van der Waals surface area contributed by atoms with Crippen molar-refractivity contribution in [2.45, 2.75) is 51.0 Å². The lowest BCUT2D eigenvalue weighted by atomic mass is 10.1. The Bertz CT molecular complexity index is 755. The first-order chi connectivity index (χ1) is 11.6. The van der Waals surface area contributed by atoms with E-state index < -0.39 is 5.97 Å². The Morgan fingerprint density at radius 3 is 2.50 bits per heavy atom. The Morgan fingerprint density at radius 2 is 1.83 bits per heavy atom. The maximum absolute atomic E-state index is 12.5. The molecule has 2 N–H and O–H groups in total. The van der Waals surface area contributed by atoms with E-state index in [2.05, 4.69) is 5.32 Å². The van der Waals surface area contributed by atoms with E-state index in [9.17, 15) is 14.7 Å². The summed E-state index contributed by atoms with van der Waals surface area (Å²) in [6, 6.07) is 7.75. The number of aryl methyl sites for hydroxylation is 1. The Labute approximate surface area is 141 Å². The summed E-state index contributed by atoms with van der Waals surface area (Å²) in [7, 11) is 1.73. The third-order valence-electron chi connectivity index (χ3n) is 4.97. The number of amides is 1. The zero-order valence-electron chi connectivity index (χ0n) is 14.0. The number of fused-ring (bicyclic) bond motifs is 1. The van der Waals surface area contributed by atoms with Crippen molar-refractivity contribution in [1.82, 2.24) is 9.88 Å². The zero-order valence-corrected chi connectivity index (χ0v) is 14.0. The van der Waals surface area contributed by atoms with Crippen LogP contribution in [0, 0.1) is 0 Å². The Hall–Kier alpha value is -2.30. The first kappa shape index (κ1) is 16.6. The molecule has 1 aromatic carbocycles. The third kappa shape index (κ3) is 3.30. The van der Waals surface area contributed by atoms with Crippen molar-refractivity contribution < 1.29 is 14.7 Å². The summed E-state index contributed by atoms with van der Waals surface area (Å²) in [6.07, 6.45) is 6.93. The summed E-state index contributed by atoms with van der Waals surface area (Å²) in [5.41, 5.74) is 1.64. The molecule has 128 valence electrons. The second kappa shape index (κ2) is 7.07. The Morgan fingerprint density at radius 1 is 1.17 bits per heavy atom. The van der Waals surface area contributed by atoms with Gasteiger partial charge in [0.2, 0.25) is 5.91 Å². The van der Waals surface area contributed by atoms with Gasteiger partial charge in [0.05, 0.1) is 6.42 Å². The molecule has 1 fully saturated rings. The van der Waals surface area contributed by atoms with Crippen molar-refractivity contribution >= 4 is 22.8 Å². The number of hydrogen-bond acceptors (Lipinski definition) is 2. The van der Waals surface area contributed by atoms with Gasteiger partial charge in [-0.1, -0.05) is 43.9 Å². The topological polar surface area (TPSA) is 71.3 Å². The Balaban J connectivity index is 1.84. The first-order valence-electron chi connectivity index (χ1n) is 8.67. The fourth-order valence-electron chi connectivity index (χ4n) is 3.79. The van der Waals surface area contributed by atoms with Crippen molar-refractivity contribution in [1.29, 1.82) is 0 Å². The van der Waals surface area contributed by atoms with Gasteiger partial charge in [0.15, 0.2) is 0 Å². The molecule has 1 heterocycles. The molecule has 3 rings (SSSR count). The highest BCUT2D eigenvalue weighted by atomic mass is 16.4. The molecule has 1 saturated carbocycles. The van der Waals surface area contributed by atoms with Crippen LogP contribution in [-0.4, -0.2) is 27.6 Å². The van der Waals surface area contributed by atoms with Crippen LogP contribution in [0.4, 0.5) is 0 Å². The van der Waals surface area contributed by atoms with Crippen molar-refractivity contribution in [2.75, 3.05) is 0 Å². The highest BCUT2D eigenvalue weighted by Crippen LogP contribution is 2.26. The van der Waals surface area contributed by atoms with E-state index in [0.717, 1.165) is 36.6 Å². The number of hydrogen-bond donors (Lipinski definition) is 2. The number of nitrogens with zero attached hydrogens (tertiary/aromatic N) is 1. The molecule has 1 aliphatic rings. The summed E-state index contributed by atoms with van der Waals surface area (Å²) < 4.78 is 1.66. The number of rotatable bonds is 4. The molecule has 5 nitrogen and oxygen atoms in total. The molecule has 1 aromatic heterocycles. The molecule has 0 saturated heterocycles. The molecule has 0 atom stereocenters. The van der Waals surface area contributed by atoms with E-state index in [1.807, 2.05) is 24.3 Å². The number of para-hydroxylation sites is 1. The number of benzene rings is 1. The van der Waals surface area contributed by atoms with Gasteiger partial charge in [0.25, 0.3) is 0 Å².